The zero-order valence-electron chi connectivity index (χ0n) is 41.9. The van der Waals surface area contributed by atoms with Gasteiger partial charge in [-0.3, -0.25) is 0 Å². The van der Waals surface area contributed by atoms with Gasteiger partial charge in [0, 0.05) is 16.8 Å². The molecule has 0 bridgehead atoms. The maximum atomic E-state index is 2.55. The standard InChI is InChI=1S/C74H51N/c1-48-49(2)75(56-32-16-7-17-33-56)70-47-65-64(46-63(48)70)71(50-40-42-59-57-34-20-22-38-66(57)73(68(59)44-50,52-24-8-3-9-25-52)53-26-10-4-11-27-53)61-36-18-19-37-62(61)72(65)51-41-43-60-58-35-21-23-39-67(58)74(69(60)45-51,54-28-12-5-13-29-54)55-30-14-6-15-31-55/h3-47H,1-2H3. The van der Waals surface area contributed by atoms with Gasteiger partial charge in [0.25, 0.3) is 0 Å². The van der Waals surface area contributed by atoms with Gasteiger partial charge in [-0.15, -0.1) is 0 Å². The molecule has 2 aliphatic carbocycles. The minimum atomic E-state index is -0.536. The number of hydrogen-bond acceptors (Lipinski definition) is 0. The Bertz CT molecular complexity index is 4320. The van der Waals surface area contributed by atoms with Crippen molar-refractivity contribution in [3.8, 4) is 50.2 Å². The second kappa shape index (κ2) is 16.6. The van der Waals surface area contributed by atoms with Crippen LogP contribution in [0.1, 0.15) is 55.8 Å². The first-order chi connectivity index (χ1) is 37.1. The molecule has 0 fully saturated rings. The quantitative estimate of drug-likeness (QED) is 0.140. The minimum Gasteiger partial charge on any atom is -0.314 e. The van der Waals surface area contributed by atoms with Gasteiger partial charge in [0.2, 0.25) is 0 Å². The SMILES string of the molecule is Cc1c(C)n(-c2ccccc2)c2cc3c(-c4ccc5c(c4)C(c4ccccc4)(c4ccccc4)c4ccccc4-5)c4ccccc4c(-c4ccc5c(c4)C(c4ccccc4)(c4ccccc4)c4ccccc4-5)c3cc12. The van der Waals surface area contributed by atoms with Crippen LogP contribution >= 0.6 is 0 Å². The zero-order chi connectivity index (χ0) is 49.8. The van der Waals surface area contributed by atoms with Gasteiger partial charge in [0.15, 0.2) is 0 Å². The predicted octanol–water partition coefficient (Wildman–Crippen LogP) is 18.6. The van der Waals surface area contributed by atoms with Crippen molar-refractivity contribution in [2.24, 2.45) is 0 Å². The maximum Gasteiger partial charge on any atom is 0.0713 e. The third-order valence-corrected chi connectivity index (χ3v) is 17.2. The smallest absolute Gasteiger partial charge is 0.0713 e. The molecule has 0 saturated carbocycles. The van der Waals surface area contributed by atoms with Crippen molar-refractivity contribution in [1.29, 1.82) is 0 Å². The van der Waals surface area contributed by atoms with Crippen LogP contribution in [0.15, 0.2) is 273 Å². The lowest BCUT2D eigenvalue weighted by molar-refractivity contribution is 0.769. The Kier molecular flexibility index (Phi) is 9.59. The van der Waals surface area contributed by atoms with Crippen LogP contribution < -0.4 is 0 Å². The van der Waals surface area contributed by atoms with E-state index in [1.165, 1.54) is 133 Å². The number of benzene rings is 12. The van der Waals surface area contributed by atoms with Crippen LogP contribution in [0, 0.1) is 13.8 Å². The molecule has 15 rings (SSSR count). The summed E-state index contributed by atoms with van der Waals surface area (Å²) in [6.07, 6.45) is 0. The number of nitrogens with zero attached hydrogens (tertiary/aromatic N) is 1. The van der Waals surface area contributed by atoms with E-state index >= 15 is 0 Å². The van der Waals surface area contributed by atoms with E-state index in [4.69, 9.17) is 0 Å². The van der Waals surface area contributed by atoms with Crippen LogP contribution in [0.3, 0.4) is 0 Å². The molecule has 0 unspecified atom stereocenters. The summed E-state index contributed by atoms with van der Waals surface area (Å²) in [6, 6.07) is 103. The van der Waals surface area contributed by atoms with Crippen LogP contribution in [-0.2, 0) is 10.8 Å². The van der Waals surface area contributed by atoms with Gasteiger partial charge in [0.05, 0.1) is 16.3 Å². The Morgan fingerprint density at radius 1 is 0.280 bits per heavy atom. The molecular weight excluding hydrogens is 903 g/mol. The molecule has 0 radical (unpaired) electrons. The number of fused-ring (bicyclic) bond motifs is 9. The molecule has 1 aromatic heterocycles. The Morgan fingerprint density at radius 3 is 1.08 bits per heavy atom. The Labute approximate surface area is 438 Å². The van der Waals surface area contributed by atoms with E-state index in [0.717, 1.165) is 5.69 Å². The average molecular weight is 954 g/mol. The summed E-state index contributed by atoms with van der Waals surface area (Å²) in [5.74, 6) is 0. The lowest BCUT2D eigenvalue weighted by Gasteiger charge is -2.34. The highest BCUT2D eigenvalue weighted by molar-refractivity contribution is 6.24. The molecule has 0 amide bonds. The number of para-hydroxylation sites is 1. The third kappa shape index (κ3) is 6.01. The lowest BCUT2D eigenvalue weighted by atomic mass is 9.67. The molecule has 1 nitrogen and oxygen atoms in total. The van der Waals surface area contributed by atoms with Crippen molar-refractivity contribution in [2.45, 2.75) is 24.7 Å². The van der Waals surface area contributed by atoms with E-state index in [9.17, 15) is 0 Å². The minimum absolute atomic E-state index is 0.532. The first-order valence-corrected chi connectivity index (χ1v) is 26.3. The Morgan fingerprint density at radius 2 is 0.640 bits per heavy atom. The predicted molar refractivity (Wildman–Crippen MR) is 313 cm³/mol. The molecule has 2 aliphatic rings. The number of rotatable bonds is 7. The molecule has 13 aromatic rings. The molecule has 1 heteroatoms. The van der Waals surface area contributed by atoms with Crippen molar-refractivity contribution in [1.82, 2.24) is 4.57 Å². The van der Waals surface area contributed by atoms with Gasteiger partial charge in [-0.25, -0.2) is 0 Å². The summed E-state index contributed by atoms with van der Waals surface area (Å²) in [7, 11) is 0. The van der Waals surface area contributed by atoms with Crippen molar-refractivity contribution in [3.05, 3.63) is 329 Å². The first kappa shape index (κ1) is 43.3. The lowest BCUT2D eigenvalue weighted by Crippen LogP contribution is -2.28. The van der Waals surface area contributed by atoms with E-state index in [2.05, 4.69) is 291 Å². The maximum absolute atomic E-state index is 2.55. The van der Waals surface area contributed by atoms with E-state index in [0.29, 0.717) is 0 Å². The molecule has 0 N–H and O–H groups in total. The fourth-order valence-corrected chi connectivity index (χ4v) is 14.0. The van der Waals surface area contributed by atoms with Crippen LogP contribution in [0.25, 0.3) is 82.6 Å². The zero-order valence-corrected chi connectivity index (χ0v) is 41.9. The van der Waals surface area contributed by atoms with Crippen LogP contribution in [-0.4, -0.2) is 4.57 Å². The fourth-order valence-electron chi connectivity index (χ4n) is 14.0. The third-order valence-electron chi connectivity index (χ3n) is 17.2. The van der Waals surface area contributed by atoms with Gasteiger partial charge in [-0.1, -0.05) is 237 Å². The van der Waals surface area contributed by atoms with Gasteiger partial charge >= 0.3 is 0 Å². The first-order valence-electron chi connectivity index (χ1n) is 26.3. The monoisotopic (exact) mass is 953 g/mol. The van der Waals surface area contributed by atoms with Gasteiger partial charge in [-0.2, -0.15) is 0 Å². The summed E-state index contributed by atoms with van der Waals surface area (Å²) in [5, 5.41) is 6.20. The number of aryl methyl sites for hydroxylation is 1. The molecule has 1 heterocycles. The molecule has 0 saturated heterocycles. The van der Waals surface area contributed by atoms with Crippen molar-refractivity contribution in [2.75, 3.05) is 0 Å². The molecule has 0 spiro atoms. The molecule has 0 atom stereocenters. The van der Waals surface area contributed by atoms with Crippen LogP contribution in [0.2, 0.25) is 0 Å². The highest BCUT2D eigenvalue weighted by Crippen LogP contribution is 2.60. The summed E-state index contributed by atoms with van der Waals surface area (Å²) in [6.45, 7) is 4.58. The summed E-state index contributed by atoms with van der Waals surface area (Å²) in [5.41, 5.74) is 24.2. The number of hydrogen-bond donors (Lipinski definition) is 0. The van der Waals surface area contributed by atoms with E-state index < -0.39 is 10.8 Å². The van der Waals surface area contributed by atoms with Crippen LogP contribution in [0.4, 0.5) is 0 Å². The molecule has 75 heavy (non-hydrogen) atoms. The second-order valence-electron chi connectivity index (χ2n) is 20.7. The van der Waals surface area contributed by atoms with Crippen molar-refractivity contribution < 1.29 is 0 Å². The van der Waals surface area contributed by atoms with Crippen molar-refractivity contribution in [3.63, 3.8) is 0 Å². The molecular formula is C74H51N. The molecule has 352 valence electrons. The highest BCUT2D eigenvalue weighted by atomic mass is 15.0. The molecule has 12 aromatic carbocycles. The van der Waals surface area contributed by atoms with Gasteiger partial charge < -0.3 is 4.57 Å². The number of aromatic nitrogens is 1. The van der Waals surface area contributed by atoms with Gasteiger partial charge in [-0.05, 0) is 166 Å². The highest BCUT2D eigenvalue weighted by Gasteiger charge is 2.48. The Balaban J connectivity index is 1.07. The van der Waals surface area contributed by atoms with Gasteiger partial charge in [0.1, 0.15) is 0 Å². The van der Waals surface area contributed by atoms with Crippen molar-refractivity contribution >= 4 is 32.4 Å². The Hall–Kier alpha value is -9.30. The van der Waals surface area contributed by atoms with Crippen LogP contribution in [0.5, 0.6) is 0 Å². The summed E-state index contributed by atoms with van der Waals surface area (Å²) < 4.78 is 2.47. The van der Waals surface area contributed by atoms with E-state index in [1.54, 1.807) is 0 Å². The second-order valence-corrected chi connectivity index (χ2v) is 20.7. The average Bonchev–Trinajstić information content (AvgIpc) is 4.10. The normalized spacial score (nSPS) is 13.7. The fraction of sp³-hybridized carbons (Fsp3) is 0.0541. The summed E-state index contributed by atoms with van der Waals surface area (Å²) >= 11 is 0. The largest absolute Gasteiger partial charge is 0.314 e. The van der Waals surface area contributed by atoms with E-state index in [-0.39, 0.29) is 0 Å². The van der Waals surface area contributed by atoms with E-state index in [1.807, 2.05) is 0 Å². The molecule has 0 aliphatic heterocycles. The topological polar surface area (TPSA) is 4.93 Å². The summed E-state index contributed by atoms with van der Waals surface area (Å²) in [4.78, 5) is 0.